The summed E-state index contributed by atoms with van der Waals surface area (Å²) in [6, 6.07) is 8.29. The summed E-state index contributed by atoms with van der Waals surface area (Å²) in [7, 11) is -2.74. The van der Waals surface area contributed by atoms with Gasteiger partial charge >= 0.3 is 6.09 Å². The van der Waals surface area contributed by atoms with Crippen LogP contribution in [0.2, 0.25) is 5.15 Å². The van der Waals surface area contributed by atoms with Gasteiger partial charge in [0.1, 0.15) is 16.7 Å². The molecule has 176 valence electrons. The van der Waals surface area contributed by atoms with E-state index in [1.165, 1.54) is 44.3 Å². The van der Waals surface area contributed by atoms with Gasteiger partial charge in [-0.1, -0.05) is 38.4 Å². The highest BCUT2D eigenvalue weighted by Gasteiger charge is 2.35. The molecule has 0 spiro atoms. The highest BCUT2D eigenvalue weighted by atomic mass is 35.5. The molecule has 2 aromatic heterocycles. The molecular weight excluding hydrogens is 471 g/mol. The van der Waals surface area contributed by atoms with Crippen LogP contribution in [0.1, 0.15) is 38.1 Å². The van der Waals surface area contributed by atoms with Crippen molar-refractivity contribution in [2.45, 2.75) is 43.7 Å². The molecule has 0 fully saturated rings. The monoisotopic (exact) mass is 494 g/mol. The molecule has 0 saturated heterocycles. The molecule has 33 heavy (non-hydrogen) atoms. The quantitative estimate of drug-likeness (QED) is 0.518. The van der Waals surface area contributed by atoms with Crippen molar-refractivity contribution in [2.75, 3.05) is 7.05 Å². The van der Waals surface area contributed by atoms with Crippen molar-refractivity contribution < 1.29 is 22.3 Å². The first-order valence-electron chi connectivity index (χ1n) is 9.96. The Labute approximate surface area is 196 Å². The van der Waals surface area contributed by atoms with Crippen molar-refractivity contribution in [1.29, 1.82) is 0 Å². The van der Waals surface area contributed by atoms with Crippen molar-refractivity contribution in [3.63, 3.8) is 0 Å². The van der Waals surface area contributed by atoms with Gasteiger partial charge in [0.2, 0.25) is 9.84 Å². The van der Waals surface area contributed by atoms with E-state index in [0.29, 0.717) is 0 Å². The first kappa shape index (κ1) is 24.7. The van der Waals surface area contributed by atoms with Crippen LogP contribution in [0.4, 0.5) is 9.18 Å². The SMILES string of the molecule is CNC(=O)OC(c1cc(S(=O)(=O)c2ccc(Cl)nc2)n(-c2cccc(F)c2C)n1)C(C)(C)C. The molecule has 1 unspecified atom stereocenters. The number of sulfone groups is 1. The molecule has 8 nitrogen and oxygen atoms in total. The zero-order valence-corrected chi connectivity index (χ0v) is 20.3. The molecule has 3 rings (SSSR count). The van der Waals surface area contributed by atoms with Gasteiger partial charge in [0.05, 0.1) is 10.6 Å². The van der Waals surface area contributed by atoms with Crippen LogP contribution in [0.5, 0.6) is 0 Å². The van der Waals surface area contributed by atoms with E-state index >= 15 is 0 Å². The lowest BCUT2D eigenvalue weighted by atomic mass is 9.87. The number of carbonyl (C=O) groups excluding carboxylic acids is 1. The molecule has 0 radical (unpaired) electrons. The summed E-state index contributed by atoms with van der Waals surface area (Å²) in [6.45, 7) is 6.99. The van der Waals surface area contributed by atoms with E-state index in [1.54, 1.807) is 6.07 Å². The normalized spacial score (nSPS) is 12.9. The minimum atomic E-state index is -4.16. The Kier molecular flexibility index (Phi) is 6.80. The van der Waals surface area contributed by atoms with Crippen molar-refractivity contribution >= 4 is 27.5 Å². The molecule has 0 saturated carbocycles. The van der Waals surface area contributed by atoms with Gasteiger partial charge in [0.25, 0.3) is 0 Å². The van der Waals surface area contributed by atoms with Gasteiger partial charge in [0, 0.05) is 30.3 Å². The average molecular weight is 495 g/mol. The van der Waals surface area contributed by atoms with Crippen molar-refractivity contribution in [3.05, 3.63) is 64.8 Å². The largest absolute Gasteiger partial charge is 0.439 e. The minimum Gasteiger partial charge on any atom is -0.439 e. The minimum absolute atomic E-state index is 0.117. The summed E-state index contributed by atoms with van der Waals surface area (Å²) in [5.41, 5.74) is -0.00657. The number of carbonyl (C=O) groups is 1. The van der Waals surface area contributed by atoms with Crippen LogP contribution in [0, 0.1) is 18.2 Å². The zero-order valence-electron chi connectivity index (χ0n) is 18.8. The second-order valence-corrected chi connectivity index (χ2v) is 10.7. The van der Waals surface area contributed by atoms with E-state index in [9.17, 15) is 17.6 Å². The number of hydrogen-bond donors (Lipinski definition) is 1. The molecule has 2 heterocycles. The molecule has 11 heteroatoms. The standard InChI is InChI=1S/C22H24ClFN4O4S/c1-13-15(24)7-6-8-17(13)28-19(33(30,31)14-9-10-18(23)26-12-14)11-16(27-28)20(22(2,3)4)32-21(29)25-5/h6-12,20H,1-5H3,(H,25,29). The third-order valence-electron chi connectivity index (χ3n) is 4.93. The zero-order chi connectivity index (χ0) is 24.6. The lowest BCUT2D eigenvalue weighted by Crippen LogP contribution is -2.29. The first-order valence-corrected chi connectivity index (χ1v) is 11.8. The van der Waals surface area contributed by atoms with Gasteiger partial charge in [-0.3, -0.25) is 0 Å². The number of ether oxygens (including phenoxy) is 1. The highest BCUT2D eigenvalue weighted by molar-refractivity contribution is 7.91. The smallest absolute Gasteiger partial charge is 0.407 e. The average Bonchev–Trinajstić information content (AvgIpc) is 3.18. The Morgan fingerprint density at radius 1 is 1.24 bits per heavy atom. The van der Waals surface area contributed by atoms with Crippen LogP contribution in [-0.2, 0) is 14.6 Å². The number of aromatic nitrogens is 3. The number of amides is 1. The number of halogens is 2. The van der Waals surface area contributed by atoms with Gasteiger partial charge in [-0.05, 0) is 31.2 Å². The van der Waals surface area contributed by atoms with Gasteiger partial charge < -0.3 is 10.1 Å². The lowest BCUT2D eigenvalue weighted by Gasteiger charge is -2.28. The Morgan fingerprint density at radius 2 is 1.94 bits per heavy atom. The molecule has 1 aromatic carbocycles. The summed E-state index contributed by atoms with van der Waals surface area (Å²) in [4.78, 5) is 15.7. The van der Waals surface area contributed by atoms with Crippen LogP contribution in [0.15, 0.2) is 52.5 Å². The van der Waals surface area contributed by atoms with Crippen LogP contribution >= 0.6 is 11.6 Å². The molecule has 0 aliphatic carbocycles. The number of nitrogens with zero attached hydrogens (tertiary/aromatic N) is 3. The predicted molar refractivity (Wildman–Crippen MR) is 121 cm³/mol. The van der Waals surface area contributed by atoms with Gasteiger partial charge in [-0.15, -0.1) is 0 Å². The van der Waals surface area contributed by atoms with Gasteiger partial charge in [0.15, 0.2) is 11.1 Å². The summed E-state index contributed by atoms with van der Waals surface area (Å²) in [6.07, 6.45) is -0.461. The fraction of sp³-hybridized carbons (Fsp3) is 0.318. The second kappa shape index (κ2) is 9.11. The Morgan fingerprint density at radius 3 is 2.52 bits per heavy atom. The third-order valence-corrected chi connectivity index (χ3v) is 6.86. The maximum Gasteiger partial charge on any atom is 0.407 e. The third kappa shape index (κ3) is 5.01. The summed E-state index contributed by atoms with van der Waals surface area (Å²) in [5, 5.41) is 6.75. The molecule has 1 atom stereocenters. The molecule has 0 aliphatic rings. The van der Waals surface area contributed by atoms with Crippen LogP contribution in [-0.4, -0.2) is 36.3 Å². The maximum atomic E-state index is 14.3. The topological polar surface area (TPSA) is 103 Å². The number of hydrogen-bond acceptors (Lipinski definition) is 6. The number of benzene rings is 1. The second-order valence-electron chi connectivity index (χ2n) is 8.42. The van der Waals surface area contributed by atoms with Gasteiger partial charge in [-0.25, -0.2) is 27.3 Å². The molecular formula is C22H24ClFN4O4S. The number of pyridine rings is 1. The molecule has 1 N–H and O–H groups in total. The van der Waals surface area contributed by atoms with Crippen LogP contribution in [0.3, 0.4) is 0 Å². The van der Waals surface area contributed by atoms with Crippen LogP contribution < -0.4 is 5.32 Å². The molecule has 0 aliphatic heterocycles. The highest BCUT2D eigenvalue weighted by Crippen LogP contribution is 2.38. The fourth-order valence-corrected chi connectivity index (χ4v) is 4.62. The number of nitrogens with one attached hydrogen (secondary N) is 1. The summed E-state index contributed by atoms with van der Waals surface area (Å²) in [5.74, 6) is -0.518. The fourth-order valence-electron chi connectivity index (χ4n) is 3.19. The molecule has 3 aromatic rings. The van der Waals surface area contributed by atoms with E-state index in [2.05, 4.69) is 15.4 Å². The van der Waals surface area contributed by atoms with E-state index in [4.69, 9.17) is 16.3 Å². The van der Waals surface area contributed by atoms with E-state index < -0.39 is 33.3 Å². The molecule has 1 amide bonds. The lowest BCUT2D eigenvalue weighted by molar-refractivity contribution is 0.0284. The Hall–Kier alpha value is -2.98. The Bertz CT molecular complexity index is 1280. The Balaban J connectivity index is 2.29. The predicted octanol–water partition coefficient (Wildman–Crippen LogP) is 4.64. The van der Waals surface area contributed by atoms with E-state index in [0.717, 1.165) is 10.9 Å². The number of alkyl carbamates (subject to hydrolysis) is 1. The van der Waals surface area contributed by atoms with E-state index in [-0.39, 0.29) is 32.0 Å². The van der Waals surface area contributed by atoms with Gasteiger partial charge in [-0.2, -0.15) is 5.10 Å². The number of rotatable bonds is 5. The first-order chi connectivity index (χ1) is 15.4. The van der Waals surface area contributed by atoms with Crippen LogP contribution in [0.25, 0.3) is 5.69 Å². The van der Waals surface area contributed by atoms with E-state index in [1.807, 2.05) is 20.8 Å². The summed E-state index contributed by atoms with van der Waals surface area (Å²) >= 11 is 5.81. The van der Waals surface area contributed by atoms with Crippen molar-refractivity contribution in [1.82, 2.24) is 20.1 Å². The maximum absolute atomic E-state index is 14.3. The van der Waals surface area contributed by atoms with Crippen molar-refractivity contribution in [3.8, 4) is 5.69 Å². The molecule has 0 bridgehead atoms. The summed E-state index contributed by atoms with van der Waals surface area (Å²) < 4.78 is 48.1. The van der Waals surface area contributed by atoms with Crippen molar-refractivity contribution in [2.24, 2.45) is 5.41 Å².